The number of carbonyl (C=O) groups excluding carboxylic acids is 1. The molecule has 1 aliphatic heterocycles. The van der Waals surface area contributed by atoms with Crippen LogP contribution in [0.1, 0.15) is 49.9 Å². The van der Waals surface area contributed by atoms with Crippen molar-refractivity contribution in [1.29, 1.82) is 0 Å². The van der Waals surface area contributed by atoms with E-state index in [4.69, 9.17) is 23.2 Å². The third-order valence-corrected chi connectivity index (χ3v) is 8.07. The second-order valence-corrected chi connectivity index (χ2v) is 11.3. The van der Waals surface area contributed by atoms with Gasteiger partial charge in [0.05, 0.1) is 35.4 Å². The Hall–Kier alpha value is -4.35. The van der Waals surface area contributed by atoms with Crippen molar-refractivity contribution in [3.63, 3.8) is 0 Å². The van der Waals surface area contributed by atoms with Crippen molar-refractivity contribution in [2.75, 3.05) is 5.32 Å². The van der Waals surface area contributed by atoms with E-state index in [0.717, 1.165) is 10.3 Å². The predicted octanol–water partition coefficient (Wildman–Crippen LogP) is 7.02. The topological polar surface area (TPSA) is 105 Å². The monoisotopic (exact) mass is 623 g/mol. The van der Waals surface area contributed by atoms with Gasteiger partial charge in [0.15, 0.2) is 17.0 Å². The van der Waals surface area contributed by atoms with Gasteiger partial charge in [0.2, 0.25) is 5.91 Å². The molecule has 0 radical (unpaired) electrons. The molecule has 1 amide bonds. The van der Waals surface area contributed by atoms with Gasteiger partial charge < -0.3 is 10.5 Å². The lowest BCUT2D eigenvalue weighted by molar-refractivity contribution is -0.614. The number of alkyl halides is 2. The first-order valence-corrected chi connectivity index (χ1v) is 14.3. The van der Waals surface area contributed by atoms with Crippen molar-refractivity contribution in [2.24, 2.45) is 5.92 Å². The van der Waals surface area contributed by atoms with E-state index in [-0.39, 0.29) is 34.3 Å². The molecule has 9 nitrogen and oxygen atoms in total. The number of pyridine rings is 1. The van der Waals surface area contributed by atoms with Crippen LogP contribution in [0.5, 0.6) is 0 Å². The van der Waals surface area contributed by atoms with Crippen LogP contribution in [0.2, 0.25) is 10.2 Å². The third-order valence-electron chi connectivity index (χ3n) is 7.66. The molecule has 0 fully saturated rings. The maximum atomic E-state index is 13.9. The highest BCUT2D eigenvalue weighted by Crippen LogP contribution is 2.37. The minimum Gasteiger partial charge on any atom is -0.618 e. The molecule has 5 aromatic rings. The van der Waals surface area contributed by atoms with Crippen LogP contribution in [0.25, 0.3) is 28.1 Å². The number of nitrogens with zero attached hydrogens (tertiary/aromatic N) is 6. The van der Waals surface area contributed by atoms with Crippen LogP contribution in [-0.2, 0) is 4.79 Å². The van der Waals surface area contributed by atoms with Gasteiger partial charge in [0, 0.05) is 33.7 Å². The van der Waals surface area contributed by atoms with Crippen LogP contribution in [0, 0.1) is 11.1 Å². The van der Waals surface area contributed by atoms with E-state index in [2.05, 4.69) is 20.7 Å². The van der Waals surface area contributed by atoms with Crippen LogP contribution in [-0.4, -0.2) is 30.7 Å². The second kappa shape index (κ2) is 11.7. The van der Waals surface area contributed by atoms with Crippen LogP contribution in [0.4, 0.5) is 14.5 Å². The molecule has 43 heavy (non-hydrogen) atoms. The summed E-state index contributed by atoms with van der Waals surface area (Å²) < 4.78 is 30.8. The van der Waals surface area contributed by atoms with Crippen LogP contribution < -0.4 is 10.0 Å². The number of hydrogen-bond acceptors (Lipinski definition) is 5. The molecule has 220 valence electrons. The van der Waals surface area contributed by atoms with Gasteiger partial charge in [-0.2, -0.15) is 18.6 Å². The van der Waals surface area contributed by atoms with Crippen molar-refractivity contribution in [2.45, 2.75) is 38.7 Å². The molecule has 0 spiro atoms. The normalized spacial score (nSPS) is 17.2. The number of hydrogen-bond donors (Lipinski definition) is 1. The smallest absolute Gasteiger partial charge is 0.333 e. The van der Waals surface area contributed by atoms with E-state index in [0.29, 0.717) is 57.0 Å². The first-order valence-electron chi connectivity index (χ1n) is 13.6. The summed E-state index contributed by atoms with van der Waals surface area (Å²) in [7, 11) is 0. The van der Waals surface area contributed by atoms with Crippen LogP contribution >= 0.6 is 23.2 Å². The number of nitrogens with one attached hydrogen (secondary N) is 1. The first-order chi connectivity index (χ1) is 20.7. The number of anilines is 1. The van der Waals surface area contributed by atoms with Gasteiger partial charge in [-0.15, -0.1) is 5.10 Å². The number of rotatable bonds is 4. The SMILES string of the molecule is C[C@H]1CCC[C@H](c2ccc(-c3cc(Cl)ccc3-n3cc(Cl)nn3)c[n+]2[O-])c2cccc(c2)-c2c(cnn2C(F)F)NC1=O. The number of amides is 1. The lowest BCUT2D eigenvalue weighted by Gasteiger charge is -2.21. The Kier molecular flexibility index (Phi) is 7.85. The van der Waals surface area contributed by atoms with Crippen molar-refractivity contribution in [3.8, 4) is 28.1 Å². The van der Waals surface area contributed by atoms with Gasteiger partial charge >= 0.3 is 6.55 Å². The van der Waals surface area contributed by atoms with Crippen LogP contribution in [0.15, 0.2) is 73.2 Å². The molecule has 3 aromatic heterocycles. The molecule has 13 heteroatoms. The summed E-state index contributed by atoms with van der Waals surface area (Å²) >= 11 is 12.3. The van der Waals surface area contributed by atoms with Gasteiger partial charge in [-0.3, -0.25) is 4.79 Å². The maximum Gasteiger partial charge on any atom is 0.333 e. The van der Waals surface area contributed by atoms with E-state index in [1.54, 1.807) is 55.6 Å². The molecular formula is C30H25Cl2F2N7O2. The fourth-order valence-electron chi connectivity index (χ4n) is 5.51. The second-order valence-electron chi connectivity index (χ2n) is 10.4. The summed E-state index contributed by atoms with van der Waals surface area (Å²) in [5, 5.41) is 28.9. The molecule has 1 aliphatic rings. The summed E-state index contributed by atoms with van der Waals surface area (Å²) in [4.78, 5) is 12.9. The van der Waals surface area contributed by atoms with Crippen molar-refractivity contribution >= 4 is 34.8 Å². The Bertz CT molecular complexity index is 1820. The summed E-state index contributed by atoms with van der Waals surface area (Å²) in [5.41, 5.74) is 3.90. The van der Waals surface area contributed by atoms with Crippen molar-refractivity contribution in [1.82, 2.24) is 24.8 Å². The fourth-order valence-corrected chi connectivity index (χ4v) is 5.81. The van der Waals surface area contributed by atoms with E-state index < -0.39 is 6.55 Å². The highest BCUT2D eigenvalue weighted by molar-refractivity contribution is 6.31. The molecule has 6 rings (SSSR count). The zero-order valence-electron chi connectivity index (χ0n) is 22.8. The lowest BCUT2D eigenvalue weighted by Crippen LogP contribution is -2.34. The standard InChI is InChI=1S/C30H25Cl2F2N7O2/c1-17-4-2-7-22(18-5-3-6-19(12-18)28-24(36-29(17)42)14-35-41(28)30(33)34)26-10-8-20(15-40(26)43)23-13-21(31)9-11-25(23)39-16-27(32)37-38-39/h3,5-6,8-17,22,30H,2,4,7H2,1H3,(H,36,42)/t17-,22-/m0/s1. The minimum absolute atomic E-state index is 0.101. The molecule has 0 saturated heterocycles. The van der Waals surface area contributed by atoms with Gasteiger partial charge in [-0.25, -0.2) is 9.36 Å². The molecule has 0 unspecified atom stereocenters. The summed E-state index contributed by atoms with van der Waals surface area (Å²) in [6.07, 6.45) is 6.03. The predicted molar refractivity (Wildman–Crippen MR) is 158 cm³/mol. The average molecular weight is 624 g/mol. The minimum atomic E-state index is -2.91. The van der Waals surface area contributed by atoms with Crippen molar-refractivity contribution < 1.29 is 18.3 Å². The zero-order chi connectivity index (χ0) is 30.2. The Labute approximate surface area is 255 Å². The molecule has 2 aromatic carbocycles. The van der Waals surface area contributed by atoms with Crippen LogP contribution in [0.3, 0.4) is 0 Å². The zero-order valence-corrected chi connectivity index (χ0v) is 24.3. The highest BCUT2D eigenvalue weighted by atomic mass is 35.5. The molecule has 0 aliphatic carbocycles. The Morgan fingerprint density at radius 1 is 1.09 bits per heavy atom. The molecule has 2 bridgehead atoms. The lowest BCUT2D eigenvalue weighted by atomic mass is 9.86. The average Bonchev–Trinajstić information content (AvgIpc) is 3.61. The number of fused-ring (bicyclic) bond motifs is 4. The van der Waals surface area contributed by atoms with E-state index in [9.17, 15) is 18.8 Å². The summed E-state index contributed by atoms with van der Waals surface area (Å²) in [5.74, 6) is -1.03. The molecule has 4 heterocycles. The van der Waals surface area contributed by atoms with E-state index in [1.165, 1.54) is 17.1 Å². The third kappa shape index (κ3) is 5.70. The first kappa shape index (κ1) is 28.8. The molecule has 0 saturated carbocycles. The Balaban J connectivity index is 1.44. The number of halogens is 4. The fraction of sp³-hybridized carbons (Fsp3) is 0.233. The van der Waals surface area contributed by atoms with Gasteiger partial charge in [-0.05, 0) is 48.7 Å². The molecule has 2 atom stereocenters. The largest absolute Gasteiger partial charge is 0.618 e. The quantitative estimate of drug-likeness (QED) is 0.171. The van der Waals surface area contributed by atoms with E-state index in [1.807, 2.05) is 12.1 Å². The Morgan fingerprint density at radius 3 is 2.67 bits per heavy atom. The van der Waals surface area contributed by atoms with Crippen molar-refractivity contribution in [3.05, 3.63) is 99.8 Å². The van der Waals surface area contributed by atoms with Gasteiger partial charge in [0.25, 0.3) is 0 Å². The Morgan fingerprint density at radius 2 is 1.93 bits per heavy atom. The summed E-state index contributed by atoms with van der Waals surface area (Å²) in [6, 6.07) is 15.9. The maximum absolute atomic E-state index is 13.9. The summed E-state index contributed by atoms with van der Waals surface area (Å²) in [6.45, 7) is -1.12. The highest BCUT2D eigenvalue weighted by Gasteiger charge is 2.28. The molecular weight excluding hydrogens is 599 g/mol. The number of aromatic nitrogens is 6. The van der Waals surface area contributed by atoms with Gasteiger partial charge in [-0.1, -0.05) is 60.0 Å². The van der Waals surface area contributed by atoms with E-state index >= 15 is 0 Å². The number of benzene rings is 2. The number of carbonyl (C=O) groups is 1. The molecule has 1 N–H and O–H groups in total. The van der Waals surface area contributed by atoms with Gasteiger partial charge in [0.1, 0.15) is 0 Å².